The highest BCUT2D eigenvalue weighted by Crippen LogP contribution is 2.65. The first-order valence-corrected chi connectivity index (χ1v) is 16.9. The zero-order valence-corrected chi connectivity index (χ0v) is 25.6. The lowest BCUT2D eigenvalue weighted by molar-refractivity contribution is -0.0785. The third-order valence-corrected chi connectivity index (χ3v) is 11.5. The van der Waals surface area contributed by atoms with Crippen LogP contribution in [-0.4, -0.2) is 35.1 Å². The van der Waals surface area contributed by atoms with Crippen molar-refractivity contribution in [3.05, 3.63) is 36.0 Å². The molecule has 0 spiro atoms. The van der Waals surface area contributed by atoms with Crippen LogP contribution in [0.4, 0.5) is 0 Å². The molecular weight excluding hydrogens is 480 g/mol. The molecule has 3 fully saturated rings. The van der Waals surface area contributed by atoms with Crippen LogP contribution in [0.2, 0.25) is 0 Å². The molecule has 0 amide bonds. The zero-order valence-electron chi connectivity index (χ0n) is 25.6. The van der Waals surface area contributed by atoms with E-state index >= 15 is 0 Å². The molecule has 0 aromatic carbocycles. The predicted octanol–water partition coefficient (Wildman–Crippen LogP) is 9.09. The summed E-state index contributed by atoms with van der Waals surface area (Å²) in [5, 5.41) is 19.7. The fourth-order valence-electron chi connectivity index (χ4n) is 9.01. The largest absolute Gasteiger partial charge is 0.396 e. The Balaban J connectivity index is 1.36. The lowest BCUT2D eigenvalue weighted by Gasteiger charge is -2.58. The van der Waals surface area contributed by atoms with Crippen LogP contribution in [0.1, 0.15) is 136 Å². The lowest BCUT2D eigenvalue weighted by Crippen LogP contribution is -2.51. The second-order valence-electron chi connectivity index (χ2n) is 14.0. The van der Waals surface area contributed by atoms with Crippen molar-refractivity contribution in [1.82, 2.24) is 0 Å². The molecule has 4 aliphatic carbocycles. The van der Waals surface area contributed by atoms with Gasteiger partial charge in [-0.05, 0) is 112 Å². The van der Waals surface area contributed by atoms with Gasteiger partial charge in [0.15, 0.2) is 0 Å². The molecule has 3 nitrogen and oxygen atoms in total. The van der Waals surface area contributed by atoms with Gasteiger partial charge in [-0.3, -0.25) is 0 Å². The van der Waals surface area contributed by atoms with Crippen LogP contribution in [0.15, 0.2) is 36.0 Å². The van der Waals surface area contributed by atoms with E-state index in [0.29, 0.717) is 12.0 Å². The molecule has 4 rings (SSSR count). The standard InChI is InChI=1S/C36H60O3/c1-4-5-6-10-13-16-29(17-14-11-8-7-9-12-15-26-37)39-30-22-24-35(2)28(27-30)18-19-31-32-20-21-34(38)36(32,3)25-23-33(31)35/h13-14,16-17,27,29-34,37-38H,4-12,15,18-26H2,1-3H3/b16-13-,17-14-/t29?,30?,31-,32?,33?,34-,35-,36-/m0/s1. The van der Waals surface area contributed by atoms with E-state index < -0.39 is 0 Å². The SMILES string of the molecule is CCCCC/C=C\C(/C=C\CCCCCCCO)OC1C=C2CC[C@@H]3C(CC[C@@]4(C)C3CC[C@@H]4O)[C@@]2(C)CC1. The van der Waals surface area contributed by atoms with Crippen LogP contribution < -0.4 is 0 Å². The fraction of sp³-hybridized carbons (Fsp3) is 0.833. The molecule has 222 valence electrons. The van der Waals surface area contributed by atoms with Gasteiger partial charge in [0.25, 0.3) is 0 Å². The van der Waals surface area contributed by atoms with Gasteiger partial charge in [0.1, 0.15) is 0 Å². The molecule has 0 aromatic heterocycles. The minimum absolute atomic E-state index is 0.0684. The molecule has 0 heterocycles. The molecule has 0 bridgehead atoms. The summed E-state index contributed by atoms with van der Waals surface area (Å²) in [6, 6.07) is 0. The molecule has 0 radical (unpaired) electrons. The second-order valence-corrected chi connectivity index (χ2v) is 14.0. The Morgan fingerprint density at radius 2 is 1.59 bits per heavy atom. The van der Waals surface area contributed by atoms with Gasteiger partial charge in [0, 0.05) is 6.61 Å². The normalized spacial score (nSPS) is 37.1. The molecule has 4 unspecified atom stereocenters. The summed E-state index contributed by atoms with van der Waals surface area (Å²) in [6.45, 7) is 7.56. The van der Waals surface area contributed by atoms with Crippen molar-refractivity contribution in [3.63, 3.8) is 0 Å². The molecule has 2 N–H and O–H groups in total. The van der Waals surface area contributed by atoms with Crippen molar-refractivity contribution in [2.75, 3.05) is 6.61 Å². The first kappa shape index (κ1) is 31.0. The van der Waals surface area contributed by atoms with Gasteiger partial charge in [-0.2, -0.15) is 0 Å². The summed E-state index contributed by atoms with van der Waals surface area (Å²) in [4.78, 5) is 0. The minimum Gasteiger partial charge on any atom is -0.396 e. The molecule has 0 aliphatic heterocycles. The second kappa shape index (κ2) is 14.8. The molecule has 39 heavy (non-hydrogen) atoms. The van der Waals surface area contributed by atoms with Crippen LogP contribution in [-0.2, 0) is 4.74 Å². The highest BCUT2D eigenvalue weighted by Gasteiger charge is 2.58. The Morgan fingerprint density at radius 3 is 2.33 bits per heavy atom. The maximum absolute atomic E-state index is 10.8. The Kier molecular flexibility index (Phi) is 11.8. The number of aliphatic hydroxyl groups is 2. The van der Waals surface area contributed by atoms with Crippen LogP contribution >= 0.6 is 0 Å². The fourth-order valence-corrected chi connectivity index (χ4v) is 9.01. The molecule has 0 saturated heterocycles. The average molecular weight is 541 g/mol. The third kappa shape index (κ3) is 7.49. The van der Waals surface area contributed by atoms with Gasteiger partial charge in [-0.25, -0.2) is 0 Å². The highest BCUT2D eigenvalue weighted by atomic mass is 16.5. The maximum Gasteiger partial charge on any atom is 0.0945 e. The van der Waals surface area contributed by atoms with Crippen LogP contribution in [0.5, 0.6) is 0 Å². The highest BCUT2D eigenvalue weighted by molar-refractivity contribution is 5.26. The van der Waals surface area contributed by atoms with E-state index in [0.717, 1.165) is 56.3 Å². The van der Waals surface area contributed by atoms with Gasteiger partial charge in [-0.1, -0.05) is 88.8 Å². The van der Waals surface area contributed by atoms with Gasteiger partial charge >= 0.3 is 0 Å². The number of ether oxygens (including phenoxy) is 1. The van der Waals surface area contributed by atoms with Crippen molar-refractivity contribution < 1.29 is 14.9 Å². The monoisotopic (exact) mass is 540 g/mol. The number of aliphatic hydroxyl groups excluding tert-OH is 2. The van der Waals surface area contributed by atoms with E-state index in [-0.39, 0.29) is 23.7 Å². The first-order valence-electron chi connectivity index (χ1n) is 16.9. The van der Waals surface area contributed by atoms with E-state index in [1.54, 1.807) is 5.57 Å². The number of unbranched alkanes of at least 4 members (excludes halogenated alkanes) is 8. The van der Waals surface area contributed by atoms with E-state index in [9.17, 15) is 5.11 Å². The maximum atomic E-state index is 10.8. The summed E-state index contributed by atoms with van der Waals surface area (Å²) in [6.07, 6.45) is 33.6. The lowest BCUT2D eigenvalue weighted by atomic mass is 9.47. The number of hydrogen-bond donors (Lipinski definition) is 2. The summed E-state index contributed by atoms with van der Waals surface area (Å²) in [7, 11) is 0. The minimum atomic E-state index is -0.0800. The molecule has 8 atom stereocenters. The van der Waals surface area contributed by atoms with Crippen molar-refractivity contribution in [3.8, 4) is 0 Å². The van der Waals surface area contributed by atoms with Gasteiger partial charge in [0.05, 0.1) is 18.3 Å². The van der Waals surface area contributed by atoms with E-state index in [1.807, 2.05) is 0 Å². The van der Waals surface area contributed by atoms with Crippen molar-refractivity contribution in [2.45, 2.75) is 155 Å². The number of fused-ring (bicyclic) bond motifs is 5. The van der Waals surface area contributed by atoms with Crippen molar-refractivity contribution in [2.24, 2.45) is 28.6 Å². The Bertz CT molecular complexity index is 829. The van der Waals surface area contributed by atoms with Crippen LogP contribution in [0, 0.1) is 28.6 Å². The van der Waals surface area contributed by atoms with Crippen molar-refractivity contribution >= 4 is 0 Å². The smallest absolute Gasteiger partial charge is 0.0945 e. The molecule has 3 heteroatoms. The molecule has 0 aromatic rings. The molecule has 4 aliphatic rings. The molecular formula is C36H60O3. The predicted molar refractivity (Wildman–Crippen MR) is 164 cm³/mol. The average Bonchev–Trinajstić information content (AvgIpc) is 3.24. The zero-order chi connectivity index (χ0) is 27.7. The number of allylic oxidation sites excluding steroid dienone is 3. The van der Waals surface area contributed by atoms with Gasteiger partial charge < -0.3 is 14.9 Å². The summed E-state index contributed by atoms with van der Waals surface area (Å²) >= 11 is 0. The van der Waals surface area contributed by atoms with E-state index in [4.69, 9.17) is 9.84 Å². The quantitative estimate of drug-likeness (QED) is 0.161. The summed E-state index contributed by atoms with van der Waals surface area (Å²) < 4.78 is 6.78. The summed E-state index contributed by atoms with van der Waals surface area (Å²) in [5.41, 5.74) is 2.18. The van der Waals surface area contributed by atoms with E-state index in [1.165, 1.54) is 77.0 Å². The van der Waals surface area contributed by atoms with Gasteiger partial charge in [-0.15, -0.1) is 0 Å². The van der Waals surface area contributed by atoms with Crippen molar-refractivity contribution in [1.29, 1.82) is 0 Å². The number of hydrogen-bond acceptors (Lipinski definition) is 3. The van der Waals surface area contributed by atoms with Crippen LogP contribution in [0.3, 0.4) is 0 Å². The Labute approximate surface area is 240 Å². The Hall–Kier alpha value is -0.900. The first-order chi connectivity index (χ1) is 18.9. The summed E-state index contributed by atoms with van der Waals surface area (Å²) in [5.74, 6) is 2.31. The number of rotatable bonds is 15. The van der Waals surface area contributed by atoms with Gasteiger partial charge in [0.2, 0.25) is 0 Å². The molecule has 3 saturated carbocycles. The van der Waals surface area contributed by atoms with Crippen LogP contribution in [0.25, 0.3) is 0 Å². The topological polar surface area (TPSA) is 49.7 Å². The Morgan fingerprint density at radius 1 is 0.872 bits per heavy atom. The third-order valence-electron chi connectivity index (χ3n) is 11.5. The van der Waals surface area contributed by atoms with E-state index in [2.05, 4.69) is 51.2 Å².